The van der Waals surface area contributed by atoms with Crippen LogP contribution in [0.3, 0.4) is 0 Å². The average molecular weight is 542 g/mol. The third-order valence-corrected chi connectivity index (χ3v) is 6.18. The third-order valence-electron chi connectivity index (χ3n) is 5.66. The Labute approximate surface area is 216 Å². The predicted octanol–water partition coefficient (Wildman–Crippen LogP) is 6.86. The number of hydrogen-bond donors (Lipinski definition) is 0. The zero-order valence-corrected chi connectivity index (χ0v) is 20.7. The summed E-state index contributed by atoms with van der Waals surface area (Å²) in [6, 6.07) is 25.5. The normalized spacial score (nSPS) is 11.3. The lowest BCUT2D eigenvalue weighted by atomic mass is 10.0. The number of rotatable bonds is 8. The molecule has 178 valence electrons. The van der Waals surface area contributed by atoms with Gasteiger partial charge < -0.3 is 4.74 Å². The molecule has 0 spiro atoms. The highest BCUT2D eigenvalue weighted by Crippen LogP contribution is 2.30. The lowest BCUT2D eigenvalue weighted by Gasteiger charge is -2.11. The molecule has 0 aliphatic carbocycles. The summed E-state index contributed by atoms with van der Waals surface area (Å²) in [5, 5.41) is 10.3. The second-order valence-corrected chi connectivity index (χ2v) is 9.14. The first-order chi connectivity index (χ1) is 17.5. The molecule has 0 unspecified atom stereocenters. The van der Waals surface area contributed by atoms with E-state index in [9.17, 15) is 9.18 Å². The first kappa shape index (κ1) is 23.6. The van der Waals surface area contributed by atoms with Crippen LogP contribution in [-0.4, -0.2) is 20.8 Å². The number of benzene rings is 4. The van der Waals surface area contributed by atoms with E-state index in [2.05, 4.69) is 26.2 Å². The zero-order chi connectivity index (χ0) is 24.9. The molecule has 36 heavy (non-hydrogen) atoms. The zero-order valence-electron chi connectivity index (χ0n) is 19.1. The molecule has 0 radical (unpaired) electrons. The molecule has 0 bridgehead atoms. The number of halogens is 2. The third kappa shape index (κ3) is 5.58. The van der Waals surface area contributed by atoms with Gasteiger partial charge in [0, 0.05) is 15.6 Å². The molecule has 5 aromatic rings. The number of hydrogen-bond acceptors (Lipinski definition) is 4. The van der Waals surface area contributed by atoms with Gasteiger partial charge in [-0.05, 0) is 71.0 Å². The lowest BCUT2D eigenvalue weighted by molar-refractivity contribution is 0.104. The fourth-order valence-electron chi connectivity index (χ4n) is 3.90. The molecule has 4 aromatic carbocycles. The van der Waals surface area contributed by atoms with E-state index in [4.69, 9.17) is 4.74 Å². The summed E-state index contributed by atoms with van der Waals surface area (Å²) in [5.74, 6) is 0.251. The molecule has 0 aliphatic heterocycles. The second-order valence-electron chi connectivity index (χ2n) is 8.23. The maximum Gasteiger partial charge on any atom is 0.185 e. The van der Waals surface area contributed by atoms with E-state index in [0.717, 1.165) is 26.4 Å². The van der Waals surface area contributed by atoms with Crippen molar-refractivity contribution in [1.29, 1.82) is 0 Å². The molecule has 0 fully saturated rings. The van der Waals surface area contributed by atoms with Crippen molar-refractivity contribution in [3.8, 4) is 5.75 Å². The predicted molar refractivity (Wildman–Crippen MR) is 141 cm³/mol. The van der Waals surface area contributed by atoms with Gasteiger partial charge >= 0.3 is 0 Å². The van der Waals surface area contributed by atoms with Gasteiger partial charge in [-0.25, -0.2) is 9.07 Å². The fraction of sp³-hybridized carbons (Fsp3) is 0.0690. The van der Waals surface area contributed by atoms with E-state index in [1.165, 1.54) is 12.1 Å². The van der Waals surface area contributed by atoms with Crippen molar-refractivity contribution in [2.45, 2.75) is 13.2 Å². The maximum atomic E-state index is 13.5. The molecular weight excluding hydrogens is 521 g/mol. The summed E-state index contributed by atoms with van der Waals surface area (Å²) in [5.41, 5.74) is 2.85. The molecule has 7 heteroatoms. The van der Waals surface area contributed by atoms with Gasteiger partial charge in [0.25, 0.3) is 0 Å². The standard InChI is InChI=1S/C29H21BrFN3O2/c30-23-11-8-22(9-12-23)28(35)14-13-27-26-7-2-1-5-21(26)10-15-29(27)36-19-25-18-34(33-32-25)17-20-4-3-6-24(31)16-20/h1-16,18H,17,19H2/b14-13+. The summed E-state index contributed by atoms with van der Waals surface area (Å²) in [6.07, 6.45) is 5.13. The van der Waals surface area contributed by atoms with Crippen LogP contribution in [0.15, 0.2) is 102 Å². The topological polar surface area (TPSA) is 57.0 Å². The summed E-state index contributed by atoms with van der Waals surface area (Å²) in [6.45, 7) is 0.607. The molecule has 0 N–H and O–H groups in total. The van der Waals surface area contributed by atoms with Gasteiger partial charge in [-0.3, -0.25) is 4.79 Å². The van der Waals surface area contributed by atoms with E-state index in [1.54, 1.807) is 41.2 Å². The van der Waals surface area contributed by atoms with Crippen LogP contribution in [0, 0.1) is 5.82 Å². The van der Waals surface area contributed by atoms with Crippen molar-refractivity contribution in [3.05, 3.63) is 130 Å². The van der Waals surface area contributed by atoms with Crippen molar-refractivity contribution in [3.63, 3.8) is 0 Å². The van der Waals surface area contributed by atoms with Crippen molar-refractivity contribution >= 4 is 38.6 Å². The van der Waals surface area contributed by atoms with Crippen LogP contribution in [0.1, 0.15) is 27.2 Å². The minimum Gasteiger partial charge on any atom is -0.487 e. The first-order valence-corrected chi connectivity index (χ1v) is 12.1. The largest absolute Gasteiger partial charge is 0.487 e. The Bertz CT molecular complexity index is 1560. The Morgan fingerprint density at radius 1 is 1.00 bits per heavy atom. The Morgan fingerprint density at radius 3 is 2.67 bits per heavy atom. The highest BCUT2D eigenvalue weighted by Gasteiger charge is 2.10. The smallest absolute Gasteiger partial charge is 0.185 e. The van der Waals surface area contributed by atoms with Crippen molar-refractivity contribution < 1.29 is 13.9 Å². The number of carbonyl (C=O) groups is 1. The van der Waals surface area contributed by atoms with Crippen molar-refractivity contribution in [1.82, 2.24) is 15.0 Å². The maximum absolute atomic E-state index is 13.5. The van der Waals surface area contributed by atoms with Crippen LogP contribution in [0.4, 0.5) is 4.39 Å². The molecule has 5 rings (SSSR count). The molecule has 0 aliphatic rings. The number of fused-ring (bicyclic) bond motifs is 1. The Kier molecular flexibility index (Phi) is 7.00. The van der Waals surface area contributed by atoms with Gasteiger partial charge in [-0.1, -0.05) is 63.6 Å². The van der Waals surface area contributed by atoms with Crippen LogP contribution in [0.5, 0.6) is 5.75 Å². The van der Waals surface area contributed by atoms with Crippen molar-refractivity contribution in [2.75, 3.05) is 0 Å². The summed E-state index contributed by atoms with van der Waals surface area (Å²) >= 11 is 3.39. The lowest BCUT2D eigenvalue weighted by Crippen LogP contribution is -2.01. The molecule has 0 atom stereocenters. The number of carbonyl (C=O) groups excluding carboxylic acids is 1. The quantitative estimate of drug-likeness (QED) is 0.159. The van der Waals surface area contributed by atoms with Gasteiger partial charge in [0.1, 0.15) is 23.9 Å². The van der Waals surface area contributed by atoms with Gasteiger partial charge in [-0.2, -0.15) is 0 Å². The molecule has 5 nitrogen and oxygen atoms in total. The SMILES string of the molecule is O=C(/C=C/c1c(OCc2cn(Cc3cccc(F)c3)nn2)ccc2ccccc12)c1ccc(Br)cc1. The number of nitrogens with zero attached hydrogens (tertiary/aromatic N) is 3. The molecule has 0 saturated carbocycles. The highest BCUT2D eigenvalue weighted by molar-refractivity contribution is 9.10. The Morgan fingerprint density at radius 2 is 1.83 bits per heavy atom. The monoisotopic (exact) mass is 541 g/mol. The number of aromatic nitrogens is 3. The average Bonchev–Trinajstić information content (AvgIpc) is 3.33. The van der Waals surface area contributed by atoms with Gasteiger partial charge in [0.15, 0.2) is 5.78 Å². The number of ketones is 1. The molecule has 1 heterocycles. The first-order valence-electron chi connectivity index (χ1n) is 11.3. The summed E-state index contributed by atoms with van der Waals surface area (Å²) in [7, 11) is 0. The molecule has 0 saturated heterocycles. The van der Waals surface area contributed by atoms with Crippen LogP contribution >= 0.6 is 15.9 Å². The van der Waals surface area contributed by atoms with Crippen LogP contribution in [-0.2, 0) is 13.2 Å². The minimum absolute atomic E-state index is 0.0957. The summed E-state index contributed by atoms with van der Waals surface area (Å²) in [4.78, 5) is 12.7. The second kappa shape index (κ2) is 10.7. The summed E-state index contributed by atoms with van der Waals surface area (Å²) < 4.78 is 22.1. The fourth-order valence-corrected chi connectivity index (χ4v) is 4.16. The van der Waals surface area contributed by atoms with Crippen LogP contribution < -0.4 is 4.74 Å². The van der Waals surface area contributed by atoms with Crippen molar-refractivity contribution in [2.24, 2.45) is 0 Å². The van der Waals surface area contributed by atoms with E-state index < -0.39 is 0 Å². The molecular formula is C29H21BrFN3O2. The Balaban J connectivity index is 1.36. The van der Waals surface area contributed by atoms with E-state index in [1.807, 2.05) is 54.6 Å². The molecule has 1 aromatic heterocycles. The van der Waals surface area contributed by atoms with E-state index in [-0.39, 0.29) is 18.2 Å². The van der Waals surface area contributed by atoms with Crippen LogP contribution in [0.25, 0.3) is 16.8 Å². The minimum atomic E-state index is -0.285. The van der Waals surface area contributed by atoms with Gasteiger partial charge in [0.2, 0.25) is 0 Å². The van der Waals surface area contributed by atoms with E-state index >= 15 is 0 Å². The van der Waals surface area contributed by atoms with Gasteiger partial charge in [-0.15, -0.1) is 5.10 Å². The number of ether oxygens (including phenoxy) is 1. The van der Waals surface area contributed by atoms with Crippen LogP contribution in [0.2, 0.25) is 0 Å². The van der Waals surface area contributed by atoms with Gasteiger partial charge in [0.05, 0.1) is 12.7 Å². The Hall–Kier alpha value is -4.10. The molecule has 0 amide bonds. The van der Waals surface area contributed by atoms with E-state index in [0.29, 0.717) is 23.6 Å². The highest BCUT2D eigenvalue weighted by atomic mass is 79.9. The number of allylic oxidation sites excluding steroid dienone is 1.